The summed E-state index contributed by atoms with van der Waals surface area (Å²) in [5.41, 5.74) is 6.71. The predicted molar refractivity (Wildman–Crippen MR) is 76.3 cm³/mol. The molecule has 1 aromatic carbocycles. The van der Waals surface area contributed by atoms with Gasteiger partial charge in [0.1, 0.15) is 0 Å². The molecule has 0 heterocycles. The van der Waals surface area contributed by atoms with E-state index in [2.05, 4.69) is 12.1 Å². The molecule has 1 fully saturated rings. The van der Waals surface area contributed by atoms with E-state index in [1.165, 1.54) is 5.56 Å². The van der Waals surface area contributed by atoms with Gasteiger partial charge in [-0.15, -0.1) is 0 Å². The molecule has 1 amide bonds. The normalized spacial score (nSPS) is 21.4. The van der Waals surface area contributed by atoms with Gasteiger partial charge in [0, 0.05) is 25.9 Å². The summed E-state index contributed by atoms with van der Waals surface area (Å²) < 4.78 is 0. The lowest BCUT2D eigenvalue weighted by Crippen LogP contribution is -2.31. The van der Waals surface area contributed by atoms with Crippen LogP contribution in [0.2, 0.25) is 0 Å². The van der Waals surface area contributed by atoms with Gasteiger partial charge in [-0.2, -0.15) is 0 Å². The Labute approximate surface area is 113 Å². The molecule has 96 valence electrons. The van der Waals surface area contributed by atoms with E-state index in [0.29, 0.717) is 23.9 Å². The Bertz CT molecular complexity index is 446. The lowest BCUT2D eigenvalue weighted by Gasteiger charge is -2.16. The first kappa shape index (κ1) is 13.0. The molecule has 1 aliphatic rings. The molecule has 0 aliphatic heterocycles. The number of carbonyl (C=O) groups excluding carboxylic acids is 1. The molecule has 1 aromatic rings. The van der Waals surface area contributed by atoms with E-state index in [1.807, 2.05) is 25.2 Å². The molecule has 2 N–H and O–H groups in total. The fraction of sp³-hybridized carbons (Fsp3) is 0.429. The predicted octanol–water partition coefficient (Wildman–Crippen LogP) is 1.92. The van der Waals surface area contributed by atoms with Crippen LogP contribution < -0.4 is 5.73 Å². The van der Waals surface area contributed by atoms with Crippen LogP contribution in [0.25, 0.3) is 0 Å². The van der Waals surface area contributed by atoms with Crippen molar-refractivity contribution >= 4 is 23.1 Å². The van der Waals surface area contributed by atoms with Gasteiger partial charge in [0.2, 0.25) is 5.91 Å². The van der Waals surface area contributed by atoms with Gasteiger partial charge in [-0.05, 0) is 17.9 Å². The lowest BCUT2D eigenvalue weighted by molar-refractivity contribution is -0.131. The van der Waals surface area contributed by atoms with Crippen molar-refractivity contribution in [3.05, 3.63) is 35.9 Å². The molecule has 0 bridgehead atoms. The van der Waals surface area contributed by atoms with E-state index in [0.717, 1.165) is 6.42 Å². The Hall–Kier alpha value is -1.42. The van der Waals surface area contributed by atoms with Crippen molar-refractivity contribution in [1.82, 2.24) is 4.90 Å². The van der Waals surface area contributed by atoms with E-state index >= 15 is 0 Å². The Morgan fingerprint density at radius 3 is 2.72 bits per heavy atom. The minimum atomic E-state index is 0.142. The molecule has 0 radical (unpaired) electrons. The SMILES string of the molecule is CN(CCC(N)=S)C(=O)C1CC1c1ccccc1. The van der Waals surface area contributed by atoms with Crippen LogP contribution in [0.4, 0.5) is 0 Å². The third-order valence-corrected chi connectivity index (χ3v) is 3.61. The number of carbonyl (C=O) groups is 1. The van der Waals surface area contributed by atoms with Gasteiger partial charge >= 0.3 is 0 Å². The number of nitrogens with zero attached hydrogens (tertiary/aromatic N) is 1. The van der Waals surface area contributed by atoms with Crippen LogP contribution in [-0.2, 0) is 4.79 Å². The molecule has 2 atom stereocenters. The third-order valence-electron chi connectivity index (χ3n) is 3.41. The average Bonchev–Trinajstić information content (AvgIpc) is 3.16. The molecule has 18 heavy (non-hydrogen) atoms. The zero-order valence-corrected chi connectivity index (χ0v) is 11.3. The molecule has 4 heteroatoms. The van der Waals surface area contributed by atoms with Gasteiger partial charge in [-0.25, -0.2) is 0 Å². The Morgan fingerprint density at radius 2 is 2.11 bits per heavy atom. The quantitative estimate of drug-likeness (QED) is 0.825. The maximum atomic E-state index is 12.1. The maximum Gasteiger partial charge on any atom is 0.226 e. The number of hydrogen-bond donors (Lipinski definition) is 1. The highest BCUT2D eigenvalue weighted by atomic mass is 32.1. The van der Waals surface area contributed by atoms with Crippen molar-refractivity contribution in [2.75, 3.05) is 13.6 Å². The second kappa shape index (κ2) is 5.48. The minimum Gasteiger partial charge on any atom is -0.393 e. The number of nitrogens with two attached hydrogens (primary N) is 1. The molecule has 0 aromatic heterocycles. The van der Waals surface area contributed by atoms with Gasteiger partial charge in [0.05, 0.1) is 4.99 Å². The summed E-state index contributed by atoms with van der Waals surface area (Å²) in [6.45, 7) is 0.617. The summed E-state index contributed by atoms with van der Waals surface area (Å²) in [4.78, 5) is 14.3. The number of thiocarbonyl (C=S) groups is 1. The highest BCUT2D eigenvalue weighted by molar-refractivity contribution is 7.80. The third kappa shape index (κ3) is 3.07. The first-order valence-electron chi connectivity index (χ1n) is 6.18. The van der Waals surface area contributed by atoms with Crippen LogP contribution in [0.15, 0.2) is 30.3 Å². The highest BCUT2D eigenvalue weighted by Crippen LogP contribution is 2.48. The summed E-state index contributed by atoms with van der Waals surface area (Å²) in [6.07, 6.45) is 1.56. The molecule has 2 unspecified atom stereocenters. The summed E-state index contributed by atoms with van der Waals surface area (Å²) >= 11 is 4.82. The van der Waals surface area contributed by atoms with Crippen LogP contribution in [0, 0.1) is 5.92 Å². The highest BCUT2D eigenvalue weighted by Gasteiger charge is 2.44. The number of hydrogen-bond acceptors (Lipinski definition) is 2. The fourth-order valence-electron chi connectivity index (χ4n) is 2.21. The van der Waals surface area contributed by atoms with Gasteiger partial charge in [-0.1, -0.05) is 42.5 Å². The van der Waals surface area contributed by atoms with Crippen LogP contribution in [-0.4, -0.2) is 29.4 Å². The van der Waals surface area contributed by atoms with Crippen LogP contribution in [0.3, 0.4) is 0 Å². The van der Waals surface area contributed by atoms with E-state index in [4.69, 9.17) is 18.0 Å². The van der Waals surface area contributed by atoms with E-state index in [1.54, 1.807) is 4.90 Å². The molecule has 2 rings (SSSR count). The molecule has 0 saturated heterocycles. The van der Waals surface area contributed by atoms with Crippen molar-refractivity contribution in [1.29, 1.82) is 0 Å². The van der Waals surface area contributed by atoms with Crippen molar-refractivity contribution in [3.63, 3.8) is 0 Å². The zero-order chi connectivity index (χ0) is 13.1. The summed E-state index contributed by atoms with van der Waals surface area (Å²) in [5, 5.41) is 0. The maximum absolute atomic E-state index is 12.1. The largest absolute Gasteiger partial charge is 0.393 e. The Kier molecular flexibility index (Phi) is 3.97. The lowest BCUT2D eigenvalue weighted by atomic mass is 10.1. The minimum absolute atomic E-state index is 0.142. The molecule has 1 aliphatic carbocycles. The van der Waals surface area contributed by atoms with E-state index in [9.17, 15) is 4.79 Å². The van der Waals surface area contributed by atoms with Gasteiger partial charge in [0.25, 0.3) is 0 Å². The zero-order valence-electron chi connectivity index (χ0n) is 10.5. The average molecular weight is 262 g/mol. The Balaban J connectivity index is 1.87. The van der Waals surface area contributed by atoms with Crippen LogP contribution in [0.1, 0.15) is 24.3 Å². The van der Waals surface area contributed by atoms with Crippen molar-refractivity contribution in [2.24, 2.45) is 11.7 Å². The number of benzene rings is 1. The first-order chi connectivity index (χ1) is 8.59. The second-order valence-electron chi connectivity index (χ2n) is 4.84. The van der Waals surface area contributed by atoms with E-state index < -0.39 is 0 Å². The van der Waals surface area contributed by atoms with Crippen molar-refractivity contribution in [3.8, 4) is 0 Å². The van der Waals surface area contributed by atoms with Gasteiger partial charge in [0.15, 0.2) is 0 Å². The van der Waals surface area contributed by atoms with Crippen molar-refractivity contribution in [2.45, 2.75) is 18.8 Å². The monoisotopic (exact) mass is 262 g/mol. The van der Waals surface area contributed by atoms with Gasteiger partial charge in [-0.3, -0.25) is 4.79 Å². The number of amides is 1. The smallest absolute Gasteiger partial charge is 0.226 e. The number of rotatable bonds is 5. The van der Waals surface area contributed by atoms with E-state index in [-0.39, 0.29) is 11.8 Å². The Morgan fingerprint density at radius 1 is 1.44 bits per heavy atom. The summed E-state index contributed by atoms with van der Waals surface area (Å²) in [7, 11) is 1.82. The van der Waals surface area contributed by atoms with Crippen molar-refractivity contribution < 1.29 is 4.79 Å². The molecular weight excluding hydrogens is 244 g/mol. The first-order valence-corrected chi connectivity index (χ1v) is 6.58. The molecule has 3 nitrogen and oxygen atoms in total. The van der Waals surface area contributed by atoms with Crippen LogP contribution >= 0.6 is 12.2 Å². The fourth-order valence-corrected chi connectivity index (χ4v) is 2.30. The summed E-state index contributed by atoms with van der Waals surface area (Å²) in [5.74, 6) is 0.745. The molecule has 0 spiro atoms. The second-order valence-corrected chi connectivity index (χ2v) is 5.36. The standard InChI is InChI=1S/C14H18N2OS/c1-16(8-7-13(15)18)14(17)12-9-11(12)10-5-3-2-4-6-10/h2-6,11-12H,7-9H2,1H3,(H2,15,18). The van der Waals surface area contributed by atoms with Crippen LogP contribution in [0.5, 0.6) is 0 Å². The molecule has 1 saturated carbocycles. The summed E-state index contributed by atoms with van der Waals surface area (Å²) in [6, 6.07) is 10.2. The molecular formula is C14H18N2OS. The van der Waals surface area contributed by atoms with Gasteiger partial charge < -0.3 is 10.6 Å². The topological polar surface area (TPSA) is 46.3 Å².